The van der Waals surface area contributed by atoms with E-state index in [0.717, 1.165) is 24.0 Å². The molecule has 0 aromatic heterocycles. The molecule has 0 saturated carbocycles. The van der Waals surface area contributed by atoms with Gasteiger partial charge in [-0.05, 0) is 48.2 Å². The highest BCUT2D eigenvalue weighted by atomic mass is 35.5. The van der Waals surface area contributed by atoms with Crippen molar-refractivity contribution in [2.75, 3.05) is 14.2 Å². The number of hydrogen-bond acceptors (Lipinski definition) is 2. The maximum atomic E-state index is 13.1. The highest BCUT2D eigenvalue weighted by Crippen LogP contribution is 2.28. The molecule has 2 nitrogen and oxygen atoms in total. The van der Waals surface area contributed by atoms with Crippen LogP contribution in [0.4, 0.5) is 4.39 Å². The van der Waals surface area contributed by atoms with E-state index in [-0.39, 0.29) is 10.8 Å². The van der Waals surface area contributed by atoms with E-state index in [1.54, 1.807) is 26.4 Å². The first-order valence-electron chi connectivity index (χ1n) is 6.29. The second-order valence-electron chi connectivity index (χ2n) is 4.44. The number of halogens is 2. The average Bonchev–Trinajstić information content (AvgIpc) is 2.48. The van der Waals surface area contributed by atoms with Gasteiger partial charge in [-0.2, -0.15) is 0 Å². The first-order chi connectivity index (χ1) is 9.63. The Labute approximate surface area is 123 Å². The Bertz CT molecular complexity index is 599. The molecule has 0 aliphatic carbocycles. The average molecular weight is 295 g/mol. The van der Waals surface area contributed by atoms with E-state index < -0.39 is 0 Å². The van der Waals surface area contributed by atoms with E-state index in [0.29, 0.717) is 11.5 Å². The van der Waals surface area contributed by atoms with E-state index in [1.807, 2.05) is 18.2 Å². The van der Waals surface area contributed by atoms with Crippen molar-refractivity contribution in [1.82, 2.24) is 0 Å². The molecule has 2 aromatic rings. The second-order valence-corrected chi connectivity index (χ2v) is 4.84. The smallest absolute Gasteiger partial charge is 0.160 e. The van der Waals surface area contributed by atoms with Crippen molar-refractivity contribution in [3.63, 3.8) is 0 Å². The number of benzene rings is 2. The molecule has 4 heteroatoms. The van der Waals surface area contributed by atoms with Gasteiger partial charge in [0.05, 0.1) is 19.2 Å². The Kier molecular flexibility index (Phi) is 4.85. The standard InChI is InChI=1S/C16H16ClFO2/c1-19-15-8-6-12(10-16(15)20-2)4-3-11-5-7-14(18)13(17)9-11/h5-10H,3-4H2,1-2H3. The van der Waals surface area contributed by atoms with Crippen molar-refractivity contribution < 1.29 is 13.9 Å². The molecule has 20 heavy (non-hydrogen) atoms. The van der Waals surface area contributed by atoms with Gasteiger partial charge < -0.3 is 9.47 Å². The van der Waals surface area contributed by atoms with Gasteiger partial charge in [0.15, 0.2) is 11.5 Å². The lowest BCUT2D eigenvalue weighted by molar-refractivity contribution is 0.354. The minimum absolute atomic E-state index is 0.162. The van der Waals surface area contributed by atoms with E-state index in [1.165, 1.54) is 6.07 Å². The van der Waals surface area contributed by atoms with Crippen LogP contribution in [0, 0.1) is 5.82 Å². The van der Waals surface area contributed by atoms with Crippen molar-refractivity contribution in [2.24, 2.45) is 0 Å². The van der Waals surface area contributed by atoms with Crippen molar-refractivity contribution in [2.45, 2.75) is 12.8 Å². The van der Waals surface area contributed by atoms with E-state index in [4.69, 9.17) is 21.1 Å². The van der Waals surface area contributed by atoms with Gasteiger partial charge in [0, 0.05) is 0 Å². The van der Waals surface area contributed by atoms with Crippen molar-refractivity contribution in [1.29, 1.82) is 0 Å². The third-order valence-electron chi connectivity index (χ3n) is 3.13. The van der Waals surface area contributed by atoms with Crippen LogP contribution in [-0.4, -0.2) is 14.2 Å². The number of methoxy groups -OCH3 is 2. The minimum Gasteiger partial charge on any atom is -0.493 e. The summed E-state index contributed by atoms with van der Waals surface area (Å²) in [6.45, 7) is 0. The van der Waals surface area contributed by atoms with E-state index in [9.17, 15) is 4.39 Å². The first kappa shape index (κ1) is 14.7. The molecule has 0 aliphatic rings. The molecule has 0 unspecified atom stereocenters. The molecule has 0 amide bonds. The molecule has 0 spiro atoms. The van der Waals surface area contributed by atoms with Crippen LogP contribution in [0.15, 0.2) is 36.4 Å². The molecule has 0 atom stereocenters. The fourth-order valence-electron chi connectivity index (χ4n) is 2.02. The van der Waals surface area contributed by atoms with Crippen LogP contribution < -0.4 is 9.47 Å². The Hall–Kier alpha value is -1.74. The lowest BCUT2D eigenvalue weighted by atomic mass is 10.0. The maximum Gasteiger partial charge on any atom is 0.160 e. The van der Waals surface area contributed by atoms with Gasteiger partial charge in [0.1, 0.15) is 5.82 Å². The van der Waals surface area contributed by atoms with Crippen LogP contribution in [0.1, 0.15) is 11.1 Å². The molecule has 0 heterocycles. The van der Waals surface area contributed by atoms with Crippen LogP contribution in [0.2, 0.25) is 5.02 Å². The molecule has 0 bridgehead atoms. The Morgan fingerprint density at radius 2 is 1.50 bits per heavy atom. The summed E-state index contributed by atoms with van der Waals surface area (Å²) in [6, 6.07) is 10.6. The Morgan fingerprint density at radius 1 is 0.900 bits per heavy atom. The minimum atomic E-state index is -0.387. The molecule has 2 rings (SSSR count). The highest BCUT2D eigenvalue weighted by Gasteiger charge is 2.06. The Morgan fingerprint density at radius 3 is 2.10 bits per heavy atom. The summed E-state index contributed by atoms with van der Waals surface area (Å²) in [4.78, 5) is 0. The third kappa shape index (κ3) is 3.42. The topological polar surface area (TPSA) is 18.5 Å². The summed E-state index contributed by atoms with van der Waals surface area (Å²) >= 11 is 5.77. The summed E-state index contributed by atoms with van der Waals surface area (Å²) in [7, 11) is 3.22. The maximum absolute atomic E-state index is 13.1. The zero-order chi connectivity index (χ0) is 14.5. The summed E-state index contributed by atoms with van der Waals surface area (Å²) in [6.07, 6.45) is 1.61. The lowest BCUT2D eigenvalue weighted by Gasteiger charge is -2.09. The molecule has 0 saturated heterocycles. The van der Waals surface area contributed by atoms with Crippen LogP contribution >= 0.6 is 11.6 Å². The lowest BCUT2D eigenvalue weighted by Crippen LogP contribution is -1.95. The van der Waals surface area contributed by atoms with Gasteiger partial charge in [-0.1, -0.05) is 23.7 Å². The van der Waals surface area contributed by atoms with Crippen LogP contribution in [0.25, 0.3) is 0 Å². The zero-order valence-electron chi connectivity index (χ0n) is 11.5. The van der Waals surface area contributed by atoms with Gasteiger partial charge in [0.25, 0.3) is 0 Å². The van der Waals surface area contributed by atoms with Crippen LogP contribution in [-0.2, 0) is 12.8 Å². The van der Waals surface area contributed by atoms with Crippen molar-refractivity contribution in [3.05, 3.63) is 58.4 Å². The molecule has 106 valence electrons. The monoisotopic (exact) mass is 294 g/mol. The SMILES string of the molecule is COc1ccc(CCc2ccc(F)c(Cl)c2)cc1OC. The van der Waals surface area contributed by atoms with Gasteiger partial charge in [0.2, 0.25) is 0 Å². The summed E-state index contributed by atoms with van der Waals surface area (Å²) in [5.74, 6) is 1.03. The molecule has 0 aliphatic heterocycles. The van der Waals surface area contributed by atoms with E-state index in [2.05, 4.69) is 0 Å². The van der Waals surface area contributed by atoms with Gasteiger partial charge in [-0.25, -0.2) is 4.39 Å². The quantitative estimate of drug-likeness (QED) is 0.819. The highest BCUT2D eigenvalue weighted by molar-refractivity contribution is 6.30. The largest absolute Gasteiger partial charge is 0.493 e. The van der Waals surface area contributed by atoms with Gasteiger partial charge in [-0.3, -0.25) is 0 Å². The summed E-state index contributed by atoms with van der Waals surface area (Å²) in [5.41, 5.74) is 2.13. The normalized spacial score (nSPS) is 10.4. The van der Waals surface area contributed by atoms with Crippen LogP contribution in [0.3, 0.4) is 0 Å². The second kappa shape index (κ2) is 6.62. The third-order valence-corrected chi connectivity index (χ3v) is 3.42. The molecule has 2 aromatic carbocycles. The van der Waals surface area contributed by atoms with E-state index >= 15 is 0 Å². The molecular weight excluding hydrogens is 279 g/mol. The number of rotatable bonds is 5. The summed E-state index contributed by atoms with van der Waals surface area (Å²) < 4.78 is 23.5. The molecular formula is C16H16ClFO2. The first-order valence-corrected chi connectivity index (χ1v) is 6.66. The molecule has 0 N–H and O–H groups in total. The number of ether oxygens (including phenoxy) is 2. The molecule has 0 radical (unpaired) electrons. The molecule has 0 fully saturated rings. The predicted octanol–water partition coefficient (Wildman–Crippen LogP) is 4.28. The van der Waals surface area contributed by atoms with Gasteiger partial charge in [-0.15, -0.1) is 0 Å². The van der Waals surface area contributed by atoms with Gasteiger partial charge >= 0.3 is 0 Å². The number of hydrogen-bond donors (Lipinski definition) is 0. The fourth-order valence-corrected chi connectivity index (χ4v) is 2.22. The predicted molar refractivity (Wildman–Crippen MR) is 78.4 cm³/mol. The summed E-state index contributed by atoms with van der Waals surface area (Å²) in [5, 5.41) is 0.162. The number of aryl methyl sites for hydroxylation is 2. The zero-order valence-corrected chi connectivity index (χ0v) is 12.2. The van der Waals surface area contributed by atoms with Crippen LogP contribution in [0.5, 0.6) is 11.5 Å². The van der Waals surface area contributed by atoms with Crippen molar-refractivity contribution >= 4 is 11.6 Å². The fraction of sp³-hybridized carbons (Fsp3) is 0.250. The van der Waals surface area contributed by atoms with Crippen molar-refractivity contribution in [3.8, 4) is 11.5 Å². The Balaban J connectivity index is 2.08.